The molecule has 82 valence electrons. The highest BCUT2D eigenvalue weighted by molar-refractivity contribution is 7.92. The van der Waals surface area contributed by atoms with E-state index in [-0.39, 0.29) is 10.4 Å². The molecule has 0 aromatic carbocycles. The maximum atomic E-state index is 12.0. The van der Waals surface area contributed by atoms with E-state index in [4.69, 9.17) is 0 Å². The number of hydrogen-bond acceptors (Lipinski definition) is 4. The Labute approximate surface area is 88.4 Å². The van der Waals surface area contributed by atoms with Crippen LogP contribution >= 0.6 is 0 Å². The molecule has 2 aliphatic rings. The molecule has 0 amide bonds. The number of fused-ring (bicyclic) bond motifs is 1. The zero-order valence-electron chi connectivity index (χ0n) is 8.52. The van der Waals surface area contributed by atoms with E-state index in [2.05, 4.69) is 10.3 Å². The van der Waals surface area contributed by atoms with Gasteiger partial charge < -0.3 is 9.88 Å². The van der Waals surface area contributed by atoms with E-state index < -0.39 is 9.84 Å². The number of sulfone groups is 1. The summed E-state index contributed by atoms with van der Waals surface area (Å²) in [4.78, 5) is 4.24. The summed E-state index contributed by atoms with van der Waals surface area (Å²) in [6, 6.07) is 0. The molecule has 3 rings (SSSR count). The lowest BCUT2D eigenvalue weighted by Gasteiger charge is -2.04. The van der Waals surface area contributed by atoms with Gasteiger partial charge in [0.05, 0.1) is 16.6 Å². The Balaban J connectivity index is 2.13. The first-order valence-electron chi connectivity index (χ1n) is 5.10. The molecule has 0 saturated heterocycles. The van der Waals surface area contributed by atoms with Crippen LogP contribution in [0.1, 0.15) is 24.2 Å². The fourth-order valence-electron chi connectivity index (χ4n) is 2.01. The third kappa shape index (κ3) is 1.24. The molecule has 1 aromatic heterocycles. The molecule has 1 aliphatic carbocycles. The summed E-state index contributed by atoms with van der Waals surface area (Å²) in [5, 5.41) is 3.24. The standard InChI is InChI=1S/C9H13N3O2S/c1-12-8-5-10-4-7(8)11-9(12)15(13,14)6-2-3-6/h6,10H,2-5H2,1H3. The second-order valence-electron chi connectivity index (χ2n) is 4.19. The topological polar surface area (TPSA) is 64.0 Å². The first-order valence-corrected chi connectivity index (χ1v) is 6.64. The van der Waals surface area contributed by atoms with E-state index in [0.29, 0.717) is 6.54 Å². The van der Waals surface area contributed by atoms with Gasteiger partial charge in [0.25, 0.3) is 0 Å². The van der Waals surface area contributed by atoms with E-state index >= 15 is 0 Å². The van der Waals surface area contributed by atoms with E-state index in [0.717, 1.165) is 30.8 Å². The molecule has 15 heavy (non-hydrogen) atoms. The monoisotopic (exact) mass is 227 g/mol. The van der Waals surface area contributed by atoms with E-state index in [1.54, 1.807) is 11.6 Å². The molecule has 0 spiro atoms. The maximum absolute atomic E-state index is 12.0. The predicted octanol–water partition coefficient (Wildman–Crippen LogP) is -0.0406. The average molecular weight is 227 g/mol. The molecule has 1 aliphatic heterocycles. The summed E-state index contributed by atoms with van der Waals surface area (Å²) in [6.45, 7) is 1.41. The van der Waals surface area contributed by atoms with Gasteiger partial charge in [0.2, 0.25) is 15.0 Å². The summed E-state index contributed by atoms with van der Waals surface area (Å²) in [5.74, 6) is 0. The zero-order valence-corrected chi connectivity index (χ0v) is 9.34. The van der Waals surface area contributed by atoms with Crippen LogP contribution in [0.25, 0.3) is 0 Å². The first kappa shape index (κ1) is 9.35. The minimum atomic E-state index is -3.15. The van der Waals surface area contributed by atoms with Crippen molar-refractivity contribution >= 4 is 9.84 Å². The van der Waals surface area contributed by atoms with E-state index in [1.807, 2.05) is 0 Å². The molecule has 1 fully saturated rings. The van der Waals surface area contributed by atoms with Gasteiger partial charge in [-0.15, -0.1) is 0 Å². The van der Waals surface area contributed by atoms with Crippen molar-refractivity contribution in [3.05, 3.63) is 11.4 Å². The highest BCUT2D eigenvalue weighted by atomic mass is 32.2. The van der Waals surface area contributed by atoms with Crippen molar-refractivity contribution in [1.82, 2.24) is 14.9 Å². The Bertz CT molecular complexity index is 514. The summed E-state index contributed by atoms with van der Waals surface area (Å²) >= 11 is 0. The van der Waals surface area contributed by atoms with Gasteiger partial charge in [-0.1, -0.05) is 0 Å². The molecule has 0 bridgehead atoms. The van der Waals surface area contributed by atoms with Crippen molar-refractivity contribution in [3.63, 3.8) is 0 Å². The van der Waals surface area contributed by atoms with Gasteiger partial charge in [-0.3, -0.25) is 0 Å². The SMILES string of the molecule is Cn1c(S(=O)(=O)C2CC2)nc2c1CNC2. The molecule has 2 heterocycles. The van der Waals surface area contributed by atoms with Crippen molar-refractivity contribution in [2.24, 2.45) is 7.05 Å². The third-order valence-electron chi connectivity index (χ3n) is 3.06. The smallest absolute Gasteiger partial charge is 0.228 e. The van der Waals surface area contributed by atoms with Gasteiger partial charge in [0, 0.05) is 20.1 Å². The quantitative estimate of drug-likeness (QED) is 0.770. The van der Waals surface area contributed by atoms with Gasteiger partial charge in [-0.2, -0.15) is 0 Å². The molecule has 5 nitrogen and oxygen atoms in total. The Morgan fingerprint density at radius 1 is 1.40 bits per heavy atom. The number of aromatic nitrogens is 2. The molecule has 1 aromatic rings. The Morgan fingerprint density at radius 3 is 2.73 bits per heavy atom. The van der Waals surface area contributed by atoms with Gasteiger partial charge >= 0.3 is 0 Å². The van der Waals surface area contributed by atoms with Gasteiger partial charge in [-0.05, 0) is 12.8 Å². The van der Waals surface area contributed by atoms with Crippen molar-refractivity contribution in [1.29, 1.82) is 0 Å². The minimum absolute atomic E-state index is 0.174. The molecule has 6 heteroatoms. The lowest BCUT2D eigenvalue weighted by atomic mass is 10.4. The third-order valence-corrected chi connectivity index (χ3v) is 5.28. The van der Waals surface area contributed by atoms with Crippen LogP contribution in [0.4, 0.5) is 0 Å². The number of hydrogen-bond donors (Lipinski definition) is 1. The van der Waals surface area contributed by atoms with Crippen LogP contribution in [-0.2, 0) is 30.0 Å². The lowest BCUT2D eigenvalue weighted by Crippen LogP contribution is -2.15. The van der Waals surface area contributed by atoms with Crippen molar-refractivity contribution in [2.45, 2.75) is 36.3 Å². The molecule has 0 radical (unpaired) electrons. The van der Waals surface area contributed by atoms with E-state index in [9.17, 15) is 8.42 Å². The number of rotatable bonds is 2. The van der Waals surface area contributed by atoms with Gasteiger partial charge in [0.1, 0.15) is 0 Å². The summed E-state index contributed by atoms with van der Waals surface area (Å²) in [5.41, 5.74) is 1.89. The molecular formula is C9H13N3O2S. The summed E-state index contributed by atoms with van der Waals surface area (Å²) in [6.07, 6.45) is 1.58. The first-order chi connectivity index (χ1) is 7.10. The molecule has 0 atom stereocenters. The molecule has 1 saturated carbocycles. The van der Waals surface area contributed by atoms with Crippen LogP contribution in [0, 0.1) is 0 Å². The normalized spacial score (nSPS) is 20.6. The highest BCUT2D eigenvalue weighted by Crippen LogP contribution is 2.33. The van der Waals surface area contributed by atoms with Gasteiger partial charge in [-0.25, -0.2) is 13.4 Å². The fourth-order valence-corrected chi connectivity index (χ4v) is 3.79. The Hall–Kier alpha value is -0.880. The highest BCUT2D eigenvalue weighted by Gasteiger charge is 2.40. The maximum Gasteiger partial charge on any atom is 0.228 e. The molecular weight excluding hydrogens is 214 g/mol. The van der Waals surface area contributed by atoms with Crippen LogP contribution in [0.15, 0.2) is 5.16 Å². The van der Waals surface area contributed by atoms with Crippen molar-refractivity contribution in [3.8, 4) is 0 Å². The lowest BCUT2D eigenvalue weighted by molar-refractivity contribution is 0.570. The number of nitrogens with zero attached hydrogens (tertiary/aromatic N) is 2. The Kier molecular flexibility index (Phi) is 1.76. The zero-order chi connectivity index (χ0) is 10.6. The number of imidazole rings is 1. The predicted molar refractivity (Wildman–Crippen MR) is 54.0 cm³/mol. The number of nitrogens with one attached hydrogen (secondary N) is 1. The summed E-state index contributed by atoms with van der Waals surface area (Å²) < 4.78 is 25.8. The molecule has 0 unspecified atom stereocenters. The minimum Gasteiger partial charge on any atom is -0.321 e. The van der Waals surface area contributed by atoms with Crippen molar-refractivity contribution < 1.29 is 8.42 Å². The van der Waals surface area contributed by atoms with Crippen LogP contribution in [-0.4, -0.2) is 23.2 Å². The average Bonchev–Trinajstić information content (AvgIpc) is 2.86. The van der Waals surface area contributed by atoms with Gasteiger partial charge in [0.15, 0.2) is 0 Å². The second-order valence-corrected chi connectivity index (χ2v) is 6.32. The van der Waals surface area contributed by atoms with Crippen LogP contribution in [0.2, 0.25) is 0 Å². The van der Waals surface area contributed by atoms with Crippen LogP contribution in [0.3, 0.4) is 0 Å². The Morgan fingerprint density at radius 2 is 2.13 bits per heavy atom. The summed E-state index contributed by atoms with van der Waals surface area (Å²) in [7, 11) is -1.36. The fraction of sp³-hybridized carbons (Fsp3) is 0.667. The van der Waals surface area contributed by atoms with E-state index in [1.165, 1.54) is 0 Å². The van der Waals surface area contributed by atoms with Crippen LogP contribution < -0.4 is 5.32 Å². The molecule has 1 N–H and O–H groups in total. The van der Waals surface area contributed by atoms with Crippen molar-refractivity contribution in [2.75, 3.05) is 0 Å². The largest absolute Gasteiger partial charge is 0.321 e. The van der Waals surface area contributed by atoms with Crippen LogP contribution in [0.5, 0.6) is 0 Å². The second kappa shape index (κ2) is 2.82.